The first-order valence-corrected chi connectivity index (χ1v) is 11.0. The predicted molar refractivity (Wildman–Crippen MR) is 113 cm³/mol. The highest BCUT2D eigenvalue weighted by Gasteiger charge is 2.15. The van der Waals surface area contributed by atoms with Gasteiger partial charge in [0.2, 0.25) is 15.9 Å². The zero-order valence-electron chi connectivity index (χ0n) is 16.6. The van der Waals surface area contributed by atoms with Crippen molar-refractivity contribution in [1.29, 1.82) is 0 Å². The molecule has 2 rings (SSSR count). The molecule has 0 saturated carbocycles. The lowest BCUT2D eigenvalue weighted by Gasteiger charge is -2.14. The van der Waals surface area contributed by atoms with Crippen LogP contribution < -0.4 is 20.1 Å². The number of hydrogen-bond acceptors (Lipinski definition) is 5. The van der Waals surface area contributed by atoms with Crippen molar-refractivity contribution in [2.24, 2.45) is 0 Å². The molecule has 3 N–H and O–H groups in total. The summed E-state index contributed by atoms with van der Waals surface area (Å²) in [6.07, 6.45) is 1.89. The topological polar surface area (TPSA) is 114 Å². The molecule has 0 aliphatic heterocycles. The average Bonchev–Trinajstić information content (AvgIpc) is 2.64. The van der Waals surface area contributed by atoms with Gasteiger partial charge in [-0.1, -0.05) is 19.1 Å². The standard InChI is InChI=1S/C20H25N3O5S/c1-4-10-28-17-7-5-6-15(11-17)13-21-20(25)18-12-16(22-14(2)24)8-9-19(18)23-29(3,26)27/h5-9,11-12,23H,4,10,13H2,1-3H3,(H,21,25)(H,22,24). The first-order chi connectivity index (χ1) is 13.7. The number of sulfonamides is 1. The van der Waals surface area contributed by atoms with Gasteiger partial charge in [0, 0.05) is 19.2 Å². The van der Waals surface area contributed by atoms with E-state index in [9.17, 15) is 18.0 Å². The number of rotatable bonds is 9. The molecule has 0 radical (unpaired) electrons. The Balaban J connectivity index is 2.20. The fraction of sp³-hybridized carbons (Fsp3) is 0.300. The second kappa shape index (κ2) is 9.92. The molecule has 8 nitrogen and oxygen atoms in total. The summed E-state index contributed by atoms with van der Waals surface area (Å²) in [4.78, 5) is 24.0. The Morgan fingerprint density at radius 1 is 1.10 bits per heavy atom. The summed E-state index contributed by atoms with van der Waals surface area (Å²) in [5.74, 6) is -0.0713. The van der Waals surface area contributed by atoms with Gasteiger partial charge in [-0.15, -0.1) is 0 Å². The lowest BCUT2D eigenvalue weighted by atomic mass is 10.1. The van der Waals surface area contributed by atoms with Crippen molar-refractivity contribution in [3.05, 3.63) is 53.6 Å². The van der Waals surface area contributed by atoms with Gasteiger partial charge in [0.25, 0.3) is 5.91 Å². The maximum Gasteiger partial charge on any atom is 0.253 e. The number of carbonyl (C=O) groups is 2. The van der Waals surface area contributed by atoms with Crippen LogP contribution >= 0.6 is 0 Å². The van der Waals surface area contributed by atoms with E-state index in [0.29, 0.717) is 18.0 Å². The van der Waals surface area contributed by atoms with Crippen molar-refractivity contribution < 1.29 is 22.7 Å². The van der Waals surface area contributed by atoms with Gasteiger partial charge in [0.1, 0.15) is 5.75 Å². The maximum absolute atomic E-state index is 12.7. The van der Waals surface area contributed by atoms with E-state index in [0.717, 1.165) is 18.2 Å². The third kappa shape index (κ3) is 7.46. The van der Waals surface area contributed by atoms with Crippen LogP contribution in [-0.2, 0) is 21.4 Å². The zero-order chi connectivity index (χ0) is 21.4. The monoisotopic (exact) mass is 419 g/mol. The van der Waals surface area contributed by atoms with Gasteiger partial charge in [-0.2, -0.15) is 0 Å². The van der Waals surface area contributed by atoms with Gasteiger partial charge in [-0.25, -0.2) is 8.42 Å². The molecule has 2 aromatic carbocycles. The van der Waals surface area contributed by atoms with Crippen molar-refractivity contribution in [3.63, 3.8) is 0 Å². The predicted octanol–water partition coefficient (Wildman–Crippen LogP) is 2.74. The first-order valence-electron chi connectivity index (χ1n) is 9.07. The summed E-state index contributed by atoms with van der Waals surface area (Å²) in [6.45, 7) is 4.19. The Morgan fingerprint density at radius 3 is 2.52 bits per heavy atom. The lowest BCUT2D eigenvalue weighted by Crippen LogP contribution is -2.25. The van der Waals surface area contributed by atoms with Gasteiger partial charge in [0.05, 0.1) is 24.1 Å². The highest BCUT2D eigenvalue weighted by molar-refractivity contribution is 7.92. The molecule has 0 aromatic heterocycles. The van der Waals surface area contributed by atoms with Crippen molar-refractivity contribution in [3.8, 4) is 5.75 Å². The SMILES string of the molecule is CCCOc1cccc(CNC(=O)c2cc(NC(C)=O)ccc2NS(C)(=O)=O)c1. The molecule has 0 aliphatic rings. The summed E-state index contributed by atoms with van der Waals surface area (Å²) in [7, 11) is -3.58. The van der Waals surface area contributed by atoms with Crippen LogP contribution in [0.25, 0.3) is 0 Å². The summed E-state index contributed by atoms with van der Waals surface area (Å²) < 4.78 is 31.1. The van der Waals surface area contributed by atoms with Crippen LogP contribution in [0.3, 0.4) is 0 Å². The molecule has 0 fully saturated rings. The van der Waals surface area contributed by atoms with Crippen LogP contribution in [0.15, 0.2) is 42.5 Å². The lowest BCUT2D eigenvalue weighted by molar-refractivity contribution is -0.114. The van der Waals surface area contributed by atoms with Gasteiger partial charge in [0.15, 0.2) is 0 Å². The van der Waals surface area contributed by atoms with E-state index in [-0.39, 0.29) is 23.7 Å². The van der Waals surface area contributed by atoms with E-state index < -0.39 is 15.9 Å². The van der Waals surface area contributed by atoms with Crippen molar-refractivity contribution >= 4 is 33.2 Å². The van der Waals surface area contributed by atoms with Crippen LogP contribution in [0, 0.1) is 0 Å². The molecule has 2 amide bonds. The summed E-state index contributed by atoms with van der Waals surface area (Å²) in [5.41, 5.74) is 1.44. The van der Waals surface area contributed by atoms with Crippen molar-refractivity contribution in [2.75, 3.05) is 22.9 Å². The highest BCUT2D eigenvalue weighted by Crippen LogP contribution is 2.22. The Bertz CT molecular complexity index is 989. The van der Waals surface area contributed by atoms with Crippen LogP contribution in [0.1, 0.15) is 36.2 Å². The van der Waals surface area contributed by atoms with E-state index in [1.165, 1.54) is 25.1 Å². The number of nitrogens with one attached hydrogen (secondary N) is 3. The number of benzene rings is 2. The molecular formula is C20H25N3O5S. The Hall–Kier alpha value is -3.07. The van der Waals surface area contributed by atoms with Crippen LogP contribution in [0.2, 0.25) is 0 Å². The van der Waals surface area contributed by atoms with E-state index in [4.69, 9.17) is 4.74 Å². The molecule has 0 saturated heterocycles. The zero-order valence-corrected chi connectivity index (χ0v) is 17.4. The minimum Gasteiger partial charge on any atom is -0.494 e. The molecule has 2 aromatic rings. The van der Waals surface area contributed by atoms with E-state index >= 15 is 0 Å². The van der Waals surface area contributed by atoms with Gasteiger partial charge in [-0.05, 0) is 42.3 Å². The molecule has 0 bridgehead atoms. The molecule has 9 heteroatoms. The molecule has 0 unspecified atom stereocenters. The largest absolute Gasteiger partial charge is 0.494 e. The first kappa shape index (κ1) is 22.2. The smallest absolute Gasteiger partial charge is 0.253 e. The second-order valence-electron chi connectivity index (χ2n) is 6.49. The molecule has 156 valence electrons. The summed E-state index contributed by atoms with van der Waals surface area (Å²) in [6, 6.07) is 11.7. The van der Waals surface area contributed by atoms with Crippen LogP contribution in [0.4, 0.5) is 11.4 Å². The van der Waals surface area contributed by atoms with Gasteiger partial charge < -0.3 is 15.4 Å². The Morgan fingerprint density at radius 2 is 1.86 bits per heavy atom. The van der Waals surface area contributed by atoms with Crippen molar-refractivity contribution in [1.82, 2.24) is 5.32 Å². The molecular weight excluding hydrogens is 394 g/mol. The molecule has 0 aliphatic carbocycles. The van der Waals surface area contributed by atoms with E-state index in [1.807, 2.05) is 31.2 Å². The Kier molecular flexibility index (Phi) is 7.60. The quantitative estimate of drug-likeness (QED) is 0.578. The molecule has 0 heterocycles. The fourth-order valence-electron chi connectivity index (χ4n) is 2.54. The third-order valence-corrected chi connectivity index (χ3v) is 4.29. The summed E-state index contributed by atoms with van der Waals surface area (Å²) >= 11 is 0. The normalized spacial score (nSPS) is 10.9. The minimum absolute atomic E-state index is 0.0973. The second-order valence-corrected chi connectivity index (χ2v) is 8.24. The third-order valence-electron chi connectivity index (χ3n) is 3.70. The summed E-state index contributed by atoms with van der Waals surface area (Å²) in [5, 5.41) is 5.34. The van der Waals surface area contributed by atoms with E-state index in [1.54, 1.807) is 0 Å². The number of anilines is 2. The van der Waals surface area contributed by atoms with Gasteiger partial charge >= 0.3 is 0 Å². The average molecular weight is 420 g/mol. The molecule has 29 heavy (non-hydrogen) atoms. The number of amides is 2. The highest BCUT2D eigenvalue weighted by atomic mass is 32.2. The number of ether oxygens (including phenoxy) is 1. The fourth-order valence-corrected chi connectivity index (χ4v) is 3.12. The van der Waals surface area contributed by atoms with Gasteiger partial charge in [-0.3, -0.25) is 14.3 Å². The number of hydrogen-bond donors (Lipinski definition) is 3. The van der Waals surface area contributed by atoms with Crippen LogP contribution in [-0.4, -0.2) is 33.1 Å². The number of carbonyl (C=O) groups excluding carboxylic acids is 2. The maximum atomic E-state index is 12.7. The van der Waals surface area contributed by atoms with Crippen LogP contribution in [0.5, 0.6) is 5.75 Å². The molecule has 0 atom stereocenters. The minimum atomic E-state index is -3.58. The van der Waals surface area contributed by atoms with E-state index in [2.05, 4.69) is 15.4 Å². The van der Waals surface area contributed by atoms with Crippen molar-refractivity contribution in [2.45, 2.75) is 26.8 Å². The molecule has 0 spiro atoms. The Labute approximate surface area is 170 Å².